The van der Waals surface area contributed by atoms with Gasteiger partial charge in [0.25, 0.3) is 0 Å². The number of aliphatic hydroxyl groups is 1. The zero-order valence-corrected chi connectivity index (χ0v) is 10.9. The maximum Gasteiger partial charge on any atom is 0.237 e. The lowest BCUT2D eigenvalue weighted by molar-refractivity contribution is -0.122. The van der Waals surface area contributed by atoms with E-state index in [0.717, 1.165) is 30.4 Å². The van der Waals surface area contributed by atoms with E-state index in [1.165, 1.54) is 0 Å². The van der Waals surface area contributed by atoms with Gasteiger partial charge in [-0.3, -0.25) is 4.79 Å². The number of rotatable bonds is 7. The third-order valence-corrected chi connectivity index (χ3v) is 2.88. The molecule has 0 bridgehead atoms. The molecule has 4 heteroatoms. The molecule has 0 aliphatic heterocycles. The van der Waals surface area contributed by atoms with Crippen molar-refractivity contribution in [3.8, 4) is 0 Å². The number of carbonyl (C=O) groups excluding carboxylic acids is 1. The molecule has 0 saturated heterocycles. The maximum atomic E-state index is 11.7. The van der Waals surface area contributed by atoms with Gasteiger partial charge in [0.15, 0.2) is 0 Å². The second kappa shape index (κ2) is 7.84. The van der Waals surface area contributed by atoms with Crippen LogP contribution < -0.4 is 11.1 Å². The smallest absolute Gasteiger partial charge is 0.237 e. The standard InChI is InChI=1S/C14H22N2O2/c1-2-3-4-13(15)14(18)16-9-11-5-7-12(10-17)8-6-11/h5-8,13,17H,2-4,9-10,15H2,1H3,(H,16,18)/t13-/m0/s1. The van der Waals surface area contributed by atoms with Gasteiger partial charge in [0, 0.05) is 6.54 Å². The molecule has 1 atom stereocenters. The van der Waals surface area contributed by atoms with Gasteiger partial charge in [-0.2, -0.15) is 0 Å². The fourth-order valence-corrected chi connectivity index (χ4v) is 1.64. The third-order valence-electron chi connectivity index (χ3n) is 2.88. The Hall–Kier alpha value is -1.39. The van der Waals surface area contributed by atoms with Crippen LogP contribution in [-0.4, -0.2) is 17.1 Å². The van der Waals surface area contributed by atoms with Crippen LogP contribution in [-0.2, 0) is 17.9 Å². The summed E-state index contributed by atoms with van der Waals surface area (Å²) in [6.07, 6.45) is 2.75. The Labute approximate surface area is 108 Å². The molecule has 0 heterocycles. The van der Waals surface area contributed by atoms with E-state index in [1.54, 1.807) is 0 Å². The number of nitrogens with two attached hydrogens (primary N) is 1. The SMILES string of the molecule is CCCC[C@H](N)C(=O)NCc1ccc(CO)cc1. The topological polar surface area (TPSA) is 75.4 Å². The number of hydrogen-bond donors (Lipinski definition) is 3. The van der Waals surface area contributed by atoms with Crippen molar-refractivity contribution in [3.63, 3.8) is 0 Å². The van der Waals surface area contributed by atoms with Crippen molar-refractivity contribution < 1.29 is 9.90 Å². The minimum absolute atomic E-state index is 0.0362. The largest absolute Gasteiger partial charge is 0.392 e. The number of benzene rings is 1. The Morgan fingerprint density at radius 1 is 1.33 bits per heavy atom. The van der Waals surface area contributed by atoms with Crippen LogP contribution in [0.1, 0.15) is 37.3 Å². The summed E-state index contributed by atoms with van der Waals surface area (Å²) >= 11 is 0. The van der Waals surface area contributed by atoms with Crippen LogP contribution in [0.4, 0.5) is 0 Å². The van der Waals surface area contributed by atoms with E-state index >= 15 is 0 Å². The Morgan fingerprint density at radius 3 is 2.50 bits per heavy atom. The van der Waals surface area contributed by atoms with Crippen molar-refractivity contribution in [2.75, 3.05) is 0 Å². The summed E-state index contributed by atoms with van der Waals surface area (Å²) in [4.78, 5) is 11.7. The maximum absolute atomic E-state index is 11.7. The fraction of sp³-hybridized carbons (Fsp3) is 0.500. The summed E-state index contributed by atoms with van der Waals surface area (Å²) in [6, 6.07) is 7.06. The Balaban J connectivity index is 2.37. The average Bonchev–Trinajstić information content (AvgIpc) is 2.42. The molecule has 4 nitrogen and oxygen atoms in total. The van der Waals surface area contributed by atoms with E-state index in [0.29, 0.717) is 6.54 Å². The second-order valence-electron chi connectivity index (χ2n) is 4.44. The zero-order valence-electron chi connectivity index (χ0n) is 10.9. The van der Waals surface area contributed by atoms with Gasteiger partial charge in [-0.25, -0.2) is 0 Å². The molecule has 0 unspecified atom stereocenters. The van der Waals surface area contributed by atoms with Crippen molar-refractivity contribution in [1.82, 2.24) is 5.32 Å². The van der Waals surface area contributed by atoms with E-state index in [1.807, 2.05) is 24.3 Å². The van der Waals surface area contributed by atoms with E-state index in [9.17, 15) is 4.79 Å². The highest BCUT2D eigenvalue weighted by atomic mass is 16.3. The van der Waals surface area contributed by atoms with Crippen LogP contribution in [0.3, 0.4) is 0 Å². The molecule has 100 valence electrons. The molecule has 1 aromatic rings. The van der Waals surface area contributed by atoms with E-state index in [-0.39, 0.29) is 12.5 Å². The minimum atomic E-state index is -0.415. The highest BCUT2D eigenvalue weighted by Gasteiger charge is 2.11. The summed E-state index contributed by atoms with van der Waals surface area (Å²) in [5.41, 5.74) is 7.64. The first-order valence-corrected chi connectivity index (χ1v) is 6.39. The summed E-state index contributed by atoms with van der Waals surface area (Å²) < 4.78 is 0. The van der Waals surface area contributed by atoms with Crippen molar-refractivity contribution in [2.45, 2.75) is 45.4 Å². The van der Waals surface area contributed by atoms with Gasteiger partial charge < -0.3 is 16.2 Å². The molecule has 0 spiro atoms. The molecule has 0 aromatic heterocycles. The van der Waals surface area contributed by atoms with Gasteiger partial charge in [-0.15, -0.1) is 0 Å². The summed E-state index contributed by atoms with van der Waals surface area (Å²) in [6.45, 7) is 2.59. The number of carbonyl (C=O) groups is 1. The number of nitrogens with one attached hydrogen (secondary N) is 1. The van der Waals surface area contributed by atoms with Crippen molar-refractivity contribution in [2.24, 2.45) is 5.73 Å². The molecule has 0 radical (unpaired) electrons. The highest BCUT2D eigenvalue weighted by molar-refractivity contribution is 5.81. The van der Waals surface area contributed by atoms with Crippen LogP contribution in [0.2, 0.25) is 0 Å². The molecule has 1 amide bonds. The van der Waals surface area contributed by atoms with Crippen molar-refractivity contribution in [3.05, 3.63) is 35.4 Å². The van der Waals surface area contributed by atoms with Crippen molar-refractivity contribution >= 4 is 5.91 Å². The van der Waals surface area contributed by atoms with Crippen LogP contribution >= 0.6 is 0 Å². The quantitative estimate of drug-likeness (QED) is 0.683. The van der Waals surface area contributed by atoms with Gasteiger partial charge in [-0.05, 0) is 17.5 Å². The lowest BCUT2D eigenvalue weighted by Crippen LogP contribution is -2.40. The molecule has 18 heavy (non-hydrogen) atoms. The van der Waals surface area contributed by atoms with Gasteiger partial charge in [-0.1, -0.05) is 44.0 Å². The fourth-order valence-electron chi connectivity index (χ4n) is 1.64. The normalized spacial score (nSPS) is 12.2. The molecule has 1 aromatic carbocycles. The molecular formula is C14H22N2O2. The van der Waals surface area contributed by atoms with Gasteiger partial charge >= 0.3 is 0 Å². The highest BCUT2D eigenvalue weighted by Crippen LogP contribution is 2.04. The van der Waals surface area contributed by atoms with E-state index in [2.05, 4.69) is 12.2 Å². The number of amides is 1. The van der Waals surface area contributed by atoms with Crippen LogP contribution in [0.5, 0.6) is 0 Å². The Bertz CT molecular complexity index is 363. The van der Waals surface area contributed by atoms with Crippen LogP contribution in [0.25, 0.3) is 0 Å². The summed E-state index contributed by atoms with van der Waals surface area (Å²) in [5.74, 6) is -0.102. The van der Waals surface area contributed by atoms with Crippen molar-refractivity contribution in [1.29, 1.82) is 0 Å². The molecule has 0 saturated carbocycles. The summed E-state index contributed by atoms with van der Waals surface area (Å²) in [7, 11) is 0. The van der Waals surface area contributed by atoms with Crippen LogP contribution in [0.15, 0.2) is 24.3 Å². The van der Waals surface area contributed by atoms with Gasteiger partial charge in [0.2, 0.25) is 5.91 Å². The molecule has 1 rings (SSSR count). The molecule has 0 aliphatic carbocycles. The number of unbranched alkanes of at least 4 members (excludes halogenated alkanes) is 1. The minimum Gasteiger partial charge on any atom is -0.392 e. The Kier molecular flexibility index (Phi) is 6.39. The molecular weight excluding hydrogens is 228 g/mol. The lowest BCUT2D eigenvalue weighted by atomic mass is 10.1. The number of aliphatic hydroxyl groups excluding tert-OH is 1. The van der Waals surface area contributed by atoms with Gasteiger partial charge in [0.05, 0.1) is 12.6 Å². The zero-order chi connectivity index (χ0) is 13.4. The van der Waals surface area contributed by atoms with E-state index < -0.39 is 6.04 Å². The first-order chi connectivity index (χ1) is 8.67. The first kappa shape index (κ1) is 14.7. The van der Waals surface area contributed by atoms with E-state index in [4.69, 9.17) is 10.8 Å². The number of hydrogen-bond acceptors (Lipinski definition) is 3. The first-order valence-electron chi connectivity index (χ1n) is 6.39. The molecule has 0 fully saturated rings. The molecule has 4 N–H and O–H groups in total. The third kappa shape index (κ3) is 4.85. The monoisotopic (exact) mass is 250 g/mol. The van der Waals surface area contributed by atoms with Gasteiger partial charge in [0.1, 0.15) is 0 Å². The average molecular weight is 250 g/mol. The van der Waals surface area contributed by atoms with Crippen LogP contribution in [0, 0.1) is 0 Å². The second-order valence-corrected chi connectivity index (χ2v) is 4.44. The lowest BCUT2D eigenvalue weighted by Gasteiger charge is -2.11. The molecule has 0 aliphatic rings. The summed E-state index contributed by atoms with van der Waals surface area (Å²) in [5, 5.41) is 11.7. The predicted molar refractivity (Wildman–Crippen MR) is 71.7 cm³/mol. The Morgan fingerprint density at radius 2 is 1.94 bits per heavy atom. The predicted octanol–water partition coefficient (Wildman–Crippen LogP) is 1.31.